The van der Waals surface area contributed by atoms with Crippen LogP contribution in [-0.2, 0) is 16.6 Å². The predicted octanol–water partition coefficient (Wildman–Crippen LogP) is 0.835. The number of pyridine rings is 2. The second-order valence-electron chi connectivity index (χ2n) is 3.99. The highest BCUT2D eigenvalue weighted by molar-refractivity contribution is 7.89. The number of ether oxygens (including phenoxy) is 1. The van der Waals surface area contributed by atoms with E-state index in [1.165, 1.54) is 31.6 Å². The van der Waals surface area contributed by atoms with Gasteiger partial charge in [-0.1, -0.05) is 0 Å². The van der Waals surface area contributed by atoms with Crippen LogP contribution < -0.4 is 9.46 Å². The molecule has 2 aromatic rings. The minimum Gasteiger partial charge on any atom is -0.481 e. The maximum Gasteiger partial charge on any atom is 0.243 e. The quantitative estimate of drug-likeness (QED) is 0.877. The van der Waals surface area contributed by atoms with Gasteiger partial charge in [-0.3, -0.25) is 0 Å². The summed E-state index contributed by atoms with van der Waals surface area (Å²) >= 11 is 0. The molecule has 0 spiro atoms. The molecule has 0 unspecified atom stereocenters. The maximum absolute atomic E-state index is 12.2. The van der Waals surface area contributed by atoms with Gasteiger partial charge in [0.15, 0.2) is 5.69 Å². The molecule has 2 aromatic heterocycles. The number of nitrogens with zero attached hydrogens (tertiary/aromatic N) is 3. The Morgan fingerprint density at radius 2 is 2.14 bits per heavy atom. The topological polar surface area (TPSA) is 105 Å². The summed E-state index contributed by atoms with van der Waals surface area (Å²) < 4.78 is 31.8. The van der Waals surface area contributed by atoms with Crippen molar-refractivity contribution in [2.45, 2.75) is 11.4 Å². The van der Waals surface area contributed by atoms with Crippen LogP contribution in [0.3, 0.4) is 0 Å². The number of nitrogens with one attached hydrogen (secondary N) is 1. The highest BCUT2D eigenvalue weighted by atomic mass is 32.2. The summed E-state index contributed by atoms with van der Waals surface area (Å²) in [7, 11) is -2.34. The lowest BCUT2D eigenvalue weighted by molar-refractivity contribution is 0.397. The zero-order valence-corrected chi connectivity index (χ0v) is 12.0. The molecular formula is C13H12N4O3S. The van der Waals surface area contributed by atoms with E-state index >= 15 is 0 Å². The molecule has 0 bridgehead atoms. The normalized spacial score (nSPS) is 10.9. The fourth-order valence-corrected chi connectivity index (χ4v) is 2.74. The Bertz CT molecular complexity index is 784. The van der Waals surface area contributed by atoms with Gasteiger partial charge in [0, 0.05) is 25.0 Å². The number of hydrogen-bond acceptors (Lipinski definition) is 6. The second kappa shape index (κ2) is 6.30. The molecule has 8 heteroatoms. The minimum absolute atomic E-state index is 0.0565. The molecule has 0 radical (unpaired) electrons. The van der Waals surface area contributed by atoms with Crippen molar-refractivity contribution in [2.75, 3.05) is 7.11 Å². The molecule has 2 heterocycles. The van der Waals surface area contributed by atoms with Gasteiger partial charge < -0.3 is 4.74 Å². The van der Waals surface area contributed by atoms with Gasteiger partial charge >= 0.3 is 0 Å². The van der Waals surface area contributed by atoms with Crippen LogP contribution in [0.1, 0.15) is 11.3 Å². The van der Waals surface area contributed by atoms with Crippen LogP contribution in [0.15, 0.2) is 41.6 Å². The molecule has 7 nitrogen and oxygen atoms in total. The molecule has 0 fully saturated rings. The van der Waals surface area contributed by atoms with Gasteiger partial charge in [0.25, 0.3) is 0 Å². The first-order valence-electron chi connectivity index (χ1n) is 5.90. The summed E-state index contributed by atoms with van der Waals surface area (Å²) in [4.78, 5) is 7.53. The van der Waals surface area contributed by atoms with Crippen LogP contribution in [0, 0.1) is 11.3 Å². The molecule has 0 saturated carbocycles. The first kappa shape index (κ1) is 14.9. The first-order chi connectivity index (χ1) is 10.1. The van der Waals surface area contributed by atoms with E-state index in [0.717, 1.165) is 0 Å². The lowest BCUT2D eigenvalue weighted by Crippen LogP contribution is -2.24. The lowest BCUT2D eigenvalue weighted by atomic mass is 10.3. The zero-order valence-electron chi connectivity index (χ0n) is 11.1. The average molecular weight is 304 g/mol. The highest BCUT2D eigenvalue weighted by Gasteiger charge is 2.18. The van der Waals surface area contributed by atoms with Crippen LogP contribution in [0.4, 0.5) is 0 Å². The van der Waals surface area contributed by atoms with Crippen LogP contribution in [-0.4, -0.2) is 25.5 Å². The number of methoxy groups -OCH3 is 1. The molecule has 0 aliphatic carbocycles. The van der Waals surface area contributed by atoms with E-state index in [9.17, 15) is 8.42 Å². The van der Waals surface area contributed by atoms with Gasteiger partial charge in [-0.05, 0) is 23.8 Å². The highest BCUT2D eigenvalue weighted by Crippen LogP contribution is 2.13. The van der Waals surface area contributed by atoms with E-state index in [2.05, 4.69) is 14.7 Å². The smallest absolute Gasteiger partial charge is 0.243 e. The van der Waals surface area contributed by atoms with Crippen molar-refractivity contribution in [1.29, 1.82) is 5.26 Å². The van der Waals surface area contributed by atoms with E-state index in [1.54, 1.807) is 18.2 Å². The number of aromatic nitrogens is 2. The van der Waals surface area contributed by atoms with Gasteiger partial charge in [-0.25, -0.2) is 23.1 Å². The predicted molar refractivity (Wildman–Crippen MR) is 73.8 cm³/mol. The molecule has 0 amide bonds. The Morgan fingerprint density at radius 3 is 2.86 bits per heavy atom. The zero-order chi connectivity index (χ0) is 15.3. The second-order valence-corrected chi connectivity index (χ2v) is 5.73. The summed E-state index contributed by atoms with van der Waals surface area (Å²) in [5, 5.41) is 8.91. The van der Waals surface area contributed by atoms with Crippen LogP contribution in [0.2, 0.25) is 0 Å². The van der Waals surface area contributed by atoms with E-state index in [0.29, 0.717) is 11.4 Å². The molecule has 21 heavy (non-hydrogen) atoms. The van der Waals surface area contributed by atoms with Crippen molar-refractivity contribution in [3.05, 3.63) is 47.9 Å². The van der Waals surface area contributed by atoms with Crippen molar-refractivity contribution in [1.82, 2.24) is 14.7 Å². The Kier molecular flexibility index (Phi) is 4.47. The minimum atomic E-state index is -3.82. The lowest BCUT2D eigenvalue weighted by Gasteiger charge is -2.08. The number of nitriles is 1. The van der Waals surface area contributed by atoms with Crippen molar-refractivity contribution in [2.24, 2.45) is 0 Å². The molecular weight excluding hydrogens is 292 g/mol. The third-order valence-electron chi connectivity index (χ3n) is 2.64. The largest absolute Gasteiger partial charge is 0.481 e. The van der Waals surface area contributed by atoms with Gasteiger partial charge in [-0.2, -0.15) is 5.26 Å². The van der Waals surface area contributed by atoms with Gasteiger partial charge in [0.05, 0.1) is 7.11 Å². The molecule has 0 atom stereocenters. The van der Waals surface area contributed by atoms with Crippen LogP contribution in [0.5, 0.6) is 5.88 Å². The van der Waals surface area contributed by atoms with Crippen molar-refractivity contribution in [3.63, 3.8) is 0 Å². The fraction of sp³-hybridized carbons (Fsp3) is 0.154. The van der Waals surface area contributed by atoms with E-state index in [4.69, 9.17) is 10.00 Å². The monoisotopic (exact) mass is 304 g/mol. The van der Waals surface area contributed by atoms with E-state index in [-0.39, 0.29) is 17.1 Å². The fourth-order valence-electron chi connectivity index (χ4n) is 1.62. The van der Waals surface area contributed by atoms with E-state index in [1.807, 2.05) is 0 Å². The third-order valence-corrected chi connectivity index (χ3v) is 4.07. The Balaban J connectivity index is 2.20. The summed E-state index contributed by atoms with van der Waals surface area (Å²) in [6.07, 6.45) is 2.89. The maximum atomic E-state index is 12.2. The molecule has 0 aliphatic heterocycles. The molecule has 0 saturated heterocycles. The number of rotatable bonds is 5. The number of hydrogen-bond donors (Lipinski definition) is 1. The van der Waals surface area contributed by atoms with Crippen molar-refractivity contribution in [3.8, 4) is 11.9 Å². The van der Waals surface area contributed by atoms with Crippen molar-refractivity contribution < 1.29 is 13.2 Å². The Hall–Kier alpha value is -2.50. The molecule has 108 valence electrons. The summed E-state index contributed by atoms with van der Waals surface area (Å²) in [5.74, 6) is 0.394. The van der Waals surface area contributed by atoms with Crippen LogP contribution >= 0.6 is 0 Å². The first-order valence-corrected chi connectivity index (χ1v) is 7.39. The van der Waals surface area contributed by atoms with Gasteiger partial charge in [-0.15, -0.1) is 0 Å². The van der Waals surface area contributed by atoms with Gasteiger partial charge in [0.1, 0.15) is 11.0 Å². The molecule has 1 N–H and O–H groups in total. The SMILES string of the molecule is COc1cc(CNS(=O)(=O)c2cccnc2C#N)ccn1. The Morgan fingerprint density at radius 1 is 1.33 bits per heavy atom. The van der Waals surface area contributed by atoms with Crippen LogP contribution in [0.25, 0.3) is 0 Å². The molecule has 0 aliphatic rings. The van der Waals surface area contributed by atoms with E-state index < -0.39 is 10.0 Å². The van der Waals surface area contributed by atoms with Crippen molar-refractivity contribution >= 4 is 10.0 Å². The third kappa shape index (κ3) is 3.53. The Labute approximate surface area is 122 Å². The number of sulfonamides is 1. The average Bonchev–Trinajstić information content (AvgIpc) is 2.53. The molecule has 2 rings (SSSR count). The summed E-state index contributed by atoms with van der Waals surface area (Å²) in [6, 6.07) is 7.84. The summed E-state index contributed by atoms with van der Waals surface area (Å²) in [5.41, 5.74) is 0.546. The van der Waals surface area contributed by atoms with Gasteiger partial charge in [0.2, 0.25) is 15.9 Å². The molecule has 0 aromatic carbocycles. The summed E-state index contributed by atoms with van der Waals surface area (Å²) in [6.45, 7) is 0.0565. The standard InChI is InChI=1S/C13H12N4O3S/c1-20-13-7-10(4-6-16-13)9-17-21(18,19)12-3-2-5-15-11(12)8-14/h2-7,17H,9H2,1H3.